The monoisotopic (exact) mass is 595 g/mol. The van der Waals surface area contributed by atoms with Crippen LogP contribution in [0.15, 0.2) is 48.5 Å². The first-order valence-corrected chi connectivity index (χ1v) is 14.6. The van der Waals surface area contributed by atoms with Crippen LogP contribution in [0.3, 0.4) is 0 Å². The molecule has 4 rings (SSSR count). The van der Waals surface area contributed by atoms with E-state index in [0.29, 0.717) is 19.4 Å². The Morgan fingerprint density at radius 3 is 2.19 bits per heavy atom. The van der Waals surface area contributed by atoms with Crippen molar-refractivity contribution in [1.29, 1.82) is 0 Å². The van der Waals surface area contributed by atoms with Crippen molar-refractivity contribution in [2.75, 3.05) is 19.8 Å². The predicted molar refractivity (Wildman–Crippen MR) is 158 cm³/mol. The Hall–Kier alpha value is -4.12. The Balaban J connectivity index is 1.42. The standard InChI is InChI=1S/C32H41N3O8/c1-31(2,3)43-29(39)33-17-11-10-16-25(27(36)35-26(28(37)38)19-42-32(35,4)5)34-30(40)41-18-24-22-14-8-6-12-20(22)21-13-7-9-15-23(21)24/h6-9,12-15,24-26H,10-11,16-19H2,1-5H3,(H,33,39)(H,34,40)(H,37,38). The SMILES string of the molecule is CC(C)(C)OC(=O)NCCCCC(NC(=O)OCC1c2ccccc2-c2ccccc21)C(=O)N1C(C(=O)O)COC1(C)C. The lowest BCUT2D eigenvalue weighted by Crippen LogP contribution is -2.57. The highest BCUT2D eigenvalue weighted by molar-refractivity contribution is 5.90. The second-order valence-corrected chi connectivity index (χ2v) is 12.3. The topological polar surface area (TPSA) is 144 Å². The number of ether oxygens (including phenoxy) is 3. The number of alkyl carbamates (subject to hydrolysis) is 2. The van der Waals surface area contributed by atoms with Crippen molar-refractivity contribution in [3.63, 3.8) is 0 Å². The summed E-state index contributed by atoms with van der Waals surface area (Å²) in [5, 5.41) is 15.1. The molecule has 2 unspecified atom stereocenters. The van der Waals surface area contributed by atoms with Crippen molar-refractivity contribution in [3.05, 3.63) is 59.7 Å². The number of carboxylic acid groups (broad SMARTS) is 1. The van der Waals surface area contributed by atoms with Gasteiger partial charge in [-0.25, -0.2) is 14.4 Å². The van der Waals surface area contributed by atoms with Gasteiger partial charge in [0.2, 0.25) is 5.91 Å². The molecule has 43 heavy (non-hydrogen) atoms. The van der Waals surface area contributed by atoms with Crippen molar-refractivity contribution < 1.29 is 38.5 Å². The number of carbonyl (C=O) groups excluding carboxylic acids is 3. The fourth-order valence-corrected chi connectivity index (χ4v) is 5.59. The second-order valence-electron chi connectivity index (χ2n) is 12.3. The number of rotatable bonds is 10. The van der Waals surface area contributed by atoms with Gasteiger partial charge in [-0.1, -0.05) is 48.5 Å². The van der Waals surface area contributed by atoms with Crippen LogP contribution in [0, 0.1) is 0 Å². The van der Waals surface area contributed by atoms with E-state index in [0.717, 1.165) is 22.3 Å². The van der Waals surface area contributed by atoms with E-state index in [9.17, 15) is 24.3 Å². The normalized spacial score (nSPS) is 17.9. The molecule has 1 heterocycles. The number of fused-ring (bicyclic) bond motifs is 3. The molecule has 0 radical (unpaired) electrons. The number of aliphatic carboxylic acids is 1. The second kappa shape index (κ2) is 13.0. The summed E-state index contributed by atoms with van der Waals surface area (Å²) >= 11 is 0. The number of benzene rings is 2. The molecule has 0 aromatic heterocycles. The minimum Gasteiger partial charge on any atom is -0.480 e. The lowest BCUT2D eigenvalue weighted by molar-refractivity contribution is -0.156. The first-order chi connectivity index (χ1) is 20.3. The van der Waals surface area contributed by atoms with Crippen molar-refractivity contribution in [3.8, 4) is 11.1 Å². The van der Waals surface area contributed by atoms with Crippen LogP contribution in [0.4, 0.5) is 9.59 Å². The van der Waals surface area contributed by atoms with E-state index in [1.54, 1.807) is 34.6 Å². The Kier molecular flexibility index (Phi) is 9.64. The van der Waals surface area contributed by atoms with E-state index < -0.39 is 47.5 Å². The van der Waals surface area contributed by atoms with Gasteiger partial charge < -0.3 is 30.0 Å². The highest BCUT2D eigenvalue weighted by Gasteiger charge is 2.49. The van der Waals surface area contributed by atoms with Crippen LogP contribution < -0.4 is 10.6 Å². The van der Waals surface area contributed by atoms with Crippen molar-refractivity contribution >= 4 is 24.1 Å². The van der Waals surface area contributed by atoms with E-state index in [1.807, 2.05) is 48.5 Å². The summed E-state index contributed by atoms with van der Waals surface area (Å²) in [5.74, 6) is -1.93. The Morgan fingerprint density at radius 1 is 1.00 bits per heavy atom. The molecule has 1 saturated heterocycles. The molecule has 11 nitrogen and oxygen atoms in total. The minimum atomic E-state index is -1.19. The summed E-state index contributed by atoms with van der Waals surface area (Å²) in [5.41, 5.74) is 2.50. The van der Waals surface area contributed by atoms with Crippen LogP contribution >= 0.6 is 0 Å². The number of unbranched alkanes of at least 4 members (excludes halogenated alkanes) is 1. The fraction of sp³-hybridized carbons (Fsp3) is 0.500. The number of carbonyl (C=O) groups is 4. The van der Waals surface area contributed by atoms with Gasteiger partial charge in [0.1, 0.15) is 24.0 Å². The summed E-state index contributed by atoms with van der Waals surface area (Å²) in [6.07, 6.45) is -0.188. The summed E-state index contributed by atoms with van der Waals surface area (Å²) in [4.78, 5) is 51.9. The van der Waals surface area contributed by atoms with Crippen LogP contribution in [0.1, 0.15) is 70.9 Å². The number of amides is 3. The zero-order chi connectivity index (χ0) is 31.4. The maximum absolute atomic E-state index is 13.8. The van der Waals surface area contributed by atoms with E-state index in [-0.39, 0.29) is 25.6 Å². The number of hydrogen-bond acceptors (Lipinski definition) is 7. The van der Waals surface area contributed by atoms with Gasteiger partial charge in [-0.3, -0.25) is 9.69 Å². The molecule has 3 amide bonds. The third kappa shape index (κ3) is 7.64. The molecule has 2 aliphatic rings. The Bertz CT molecular complexity index is 1310. The zero-order valence-electron chi connectivity index (χ0n) is 25.3. The highest BCUT2D eigenvalue weighted by atomic mass is 16.6. The lowest BCUT2D eigenvalue weighted by atomic mass is 9.98. The smallest absolute Gasteiger partial charge is 0.407 e. The molecule has 2 atom stereocenters. The molecule has 0 saturated carbocycles. The Labute approximate surface area is 251 Å². The van der Waals surface area contributed by atoms with Crippen LogP contribution in [-0.2, 0) is 23.8 Å². The first-order valence-electron chi connectivity index (χ1n) is 14.6. The number of nitrogens with one attached hydrogen (secondary N) is 2. The molecular weight excluding hydrogens is 554 g/mol. The van der Waals surface area contributed by atoms with Gasteiger partial charge in [-0.15, -0.1) is 0 Å². The van der Waals surface area contributed by atoms with Gasteiger partial charge in [0, 0.05) is 12.5 Å². The Morgan fingerprint density at radius 2 is 1.60 bits per heavy atom. The quantitative estimate of drug-likeness (QED) is 0.337. The van der Waals surface area contributed by atoms with Gasteiger partial charge in [0.15, 0.2) is 6.04 Å². The third-order valence-corrected chi connectivity index (χ3v) is 7.53. The molecule has 2 aromatic rings. The van der Waals surface area contributed by atoms with E-state index in [2.05, 4.69) is 10.6 Å². The van der Waals surface area contributed by atoms with Crippen LogP contribution in [-0.4, -0.2) is 77.2 Å². The van der Waals surface area contributed by atoms with Gasteiger partial charge >= 0.3 is 18.2 Å². The molecule has 1 aliphatic carbocycles. The summed E-state index contributed by atoms with van der Waals surface area (Å²) in [7, 11) is 0. The fourth-order valence-electron chi connectivity index (χ4n) is 5.59. The lowest BCUT2D eigenvalue weighted by Gasteiger charge is -2.35. The highest BCUT2D eigenvalue weighted by Crippen LogP contribution is 2.44. The third-order valence-electron chi connectivity index (χ3n) is 7.53. The van der Waals surface area contributed by atoms with Crippen molar-refractivity contribution in [2.45, 2.75) is 83.2 Å². The maximum Gasteiger partial charge on any atom is 0.407 e. The average molecular weight is 596 g/mol. The molecular formula is C32H41N3O8. The largest absolute Gasteiger partial charge is 0.480 e. The molecule has 3 N–H and O–H groups in total. The van der Waals surface area contributed by atoms with E-state index in [4.69, 9.17) is 14.2 Å². The van der Waals surface area contributed by atoms with E-state index in [1.165, 1.54) is 4.90 Å². The minimum absolute atomic E-state index is 0.0661. The molecule has 11 heteroatoms. The van der Waals surface area contributed by atoms with Crippen molar-refractivity contribution in [2.24, 2.45) is 0 Å². The predicted octanol–water partition coefficient (Wildman–Crippen LogP) is 4.64. The van der Waals surface area contributed by atoms with Gasteiger partial charge in [-0.2, -0.15) is 0 Å². The summed E-state index contributed by atoms with van der Waals surface area (Å²) in [6, 6.07) is 13.7. The number of hydrogen-bond donors (Lipinski definition) is 3. The molecule has 1 fully saturated rings. The molecule has 2 aromatic carbocycles. The van der Waals surface area contributed by atoms with Gasteiger partial charge in [0.25, 0.3) is 0 Å². The first kappa shape index (κ1) is 31.8. The van der Waals surface area contributed by atoms with Gasteiger partial charge in [-0.05, 0) is 76.1 Å². The summed E-state index contributed by atoms with van der Waals surface area (Å²) in [6.45, 7) is 8.74. The average Bonchev–Trinajstić information content (AvgIpc) is 3.43. The van der Waals surface area contributed by atoms with Crippen LogP contribution in [0.25, 0.3) is 11.1 Å². The molecule has 0 bridgehead atoms. The molecule has 0 spiro atoms. The number of carboxylic acids is 1. The van der Waals surface area contributed by atoms with Crippen molar-refractivity contribution in [1.82, 2.24) is 15.5 Å². The van der Waals surface area contributed by atoms with Crippen LogP contribution in [0.5, 0.6) is 0 Å². The zero-order valence-corrected chi connectivity index (χ0v) is 25.3. The maximum atomic E-state index is 13.8. The molecule has 1 aliphatic heterocycles. The number of nitrogens with zero attached hydrogens (tertiary/aromatic N) is 1. The summed E-state index contributed by atoms with van der Waals surface area (Å²) < 4.78 is 16.5. The van der Waals surface area contributed by atoms with Crippen LogP contribution in [0.2, 0.25) is 0 Å². The van der Waals surface area contributed by atoms with Gasteiger partial charge in [0.05, 0.1) is 6.61 Å². The molecule has 232 valence electrons. The van der Waals surface area contributed by atoms with E-state index >= 15 is 0 Å².